The second kappa shape index (κ2) is 9.56. The number of aromatic nitrogens is 2. The third-order valence-electron chi connectivity index (χ3n) is 5.78. The van der Waals surface area contributed by atoms with E-state index in [0.717, 1.165) is 6.07 Å². The first-order chi connectivity index (χ1) is 17.3. The van der Waals surface area contributed by atoms with Crippen molar-refractivity contribution in [2.45, 2.75) is 39.9 Å². The molecule has 4 rings (SSSR count). The molecule has 0 spiro atoms. The summed E-state index contributed by atoms with van der Waals surface area (Å²) in [5.41, 5.74) is -1.31. The summed E-state index contributed by atoms with van der Waals surface area (Å²) in [5, 5.41) is 9.90. The minimum atomic E-state index is -1.71. The van der Waals surface area contributed by atoms with Gasteiger partial charge >= 0.3 is 0 Å². The lowest BCUT2D eigenvalue weighted by atomic mass is 10.1. The van der Waals surface area contributed by atoms with Crippen molar-refractivity contribution in [3.05, 3.63) is 74.8 Å². The number of halogens is 3. The number of ether oxygens (including phenoxy) is 1. The molecule has 2 heterocycles. The lowest BCUT2D eigenvalue weighted by Crippen LogP contribution is -2.47. The number of fused-ring (bicyclic) bond motifs is 1. The van der Waals surface area contributed by atoms with Gasteiger partial charge in [0.15, 0.2) is 5.02 Å². The Balaban J connectivity index is 1.72. The largest absolute Gasteiger partial charge is 0.471 e. The van der Waals surface area contributed by atoms with Gasteiger partial charge in [-0.1, -0.05) is 11.6 Å². The van der Waals surface area contributed by atoms with Gasteiger partial charge in [0.2, 0.25) is 11.8 Å². The molecule has 12 heteroatoms. The molecule has 0 atom stereocenters. The molecule has 194 valence electrons. The van der Waals surface area contributed by atoms with Gasteiger partial charge in [0.1, 0.15) is 36.3 Å². The van der Waals surface area contributed by atoms with Crippen molar-refractivity contribution < 1.29 is 28.2 Å². The van der Waals surface area contributed by atoms with Gasteiger partial charge in [-0.3, -0.25) is 28.8 Å². The number of carbonyl (C=O) groups is 2. The molecule has 0 saturated heterocycles. The van der Waals surface area contributed by atoms with Crippen molar-refractivity contribution in [3.8, 4) is 11.6 Å². The van der Waals surface area contributed by atoms with Gasteiger partial charge in [-0.05, 0) is 51.1 Å². The van der Waals surface area contributed by atoms with E-state index in [1.54, 1.807) is 12.1 Å². The third-order valence-corrected chi connectivity index (χ3v) is 6.10. The Bertz CT molecular complexity index is 1490. The number of nitrogens with zero attached hydrogens (tertiary/aromatic N) is 4. The van der Waals surface area contributed by atoms with Crippen molar-refractivity contribution in [1.29, 1.82) is 0 Å². The van der Waals surface area contributed by atoms with Crippen molar-refractivity contribution in [2.75, 3.05) is 16.5 Å². The van der Waals surface area contributed by atoms with E-state index in [1.165, 1.54) is 54.2 Å². The number of rotatable bonds is 5. The molecule has 37 heavy (non-hydrogen) atoms. The summed E-state index contributed by atoms with van der Waals surface area (Å²) in [6.45, 7) is 5.11. The van der Waals surface area contributed by atoms with E-state index >= 15 is 0 Å². The minimum absolute atomic E-state index is 0.0475. The van der Waals surface area contributed by atoms with Gasteiger partial charge in [0, 0.05) is 18.6 Å². The van der Waals surface area contributed by atoms with Gasteiger partial charge < -0.3 is 9.84 Å². The zero-order chi connectivity index (χ0) is 27.2. The summed E-state index contributed by atoms with van der Waals surface area (Å²) >= 11 is 6.25. The van der Waals surface area contributed by atoms with Gasteiger partial charge in [0.05, 0.1) is 17.1 Å². The third kappa shape index (κ3) is 4.92. The molecule has 0 bridgehead atoms. The van der Waals surface area contributed by atoms with Crippen LogP contribution in [0.25, 0.3) is 5.69 Å². The van der Waals surface area contributed by atoms with Crippen molar-refractivity contribution in [3.63, 3.8) is 0 Å². The molecular weight excluding hydrogens is 510 g/mol. The van der Waals surface area contributed by atoms with E-state index in [0.29, 0.717) is 23.1 Å². The van der Waals surface area contributed by atoms with Crippen LogP contribution in [0.2, 0.25) is 5.02 Å². The van der Waals surface area contributed by atoms with Gasteiger partial charge in [-0.2, -0.15) is 4.98 Å². The number of amides is 2. The summed E-state index contributed by atoms with van der Waals surface area (Å²) in [5.74, 6) is -2.55. The summed E-state index contributed by atoms with van der Waals surface area (Å²) in [6.07, 6.45) is 0. The molecule has 0 unspecified atom stereocenters. The molecule has 2 amide bonds. The fourth-order valence-corrected chi connectivity index (χ4v) is 4.11. The summed E-state index contributed by atoms with van der Waals surface area (Å²) in [7, 11) is 0. The highest BCUT2D eigenvalue weighted by atomic mass is 35.5. The Kier molecular flexibility index (Phi) is 6.78. The Hall–Kier alpha value is -3.83. The molecule has 2 aromatic carbocycles. The second-order valence-electron chi connectivity index (χ2n) is 9.00. The average Bonchev–Trinajstić information content (AvgIpc) is 3.19. The zero-order valence-corrected chi connectivity index (χ0v) is 21.1. The van der Waals surface area contributed by atoms with Crippen LogP contribution in [0.15, 0.2) is 41.2 Å². The number of hydrogen-bond acceptors (Lipinski definition) is 6. The maximum Gasteiger partial charge on any atom is 0.280 e. The maximum atomic E-state index is 13.9. The Morgan fingerprint density at radius 3 is 2.46 bits per heavy atom. The quantitative estimate of drug-likeness (QED) is 0.539. The summed E-state index contributed by atoms with van der Waals surface area (Å²) in [4.78, 5) is 45.1. The lowest BCUT2D eigenvalue weighted by molar-refractivity contribution is -0.133. The van der Waals surface area contributed by atoms with E-state index in [1.807, 2.05) is 0 Å². The standard InChI is InChI=1S/C25H23ClF2N4O5/c1-13-29-22(37-11-15-5-6-16(27)9-18(15)28)21(26)23(34)32(13)17-7-8-19-20(10-17)31(12-30(19)14(2)33)24(35)25(3,4)36/h5-10,36H,11-12H2,1-4H3. The topological polar surface area (TPSA) is 105 Å². The van der Waals surface area contributed by atoms with Gasteiger partial charge in [0.25, 0.3) is 11.5 Å². The Morgan fingerprint density at radius 2 is 1.84 bits per heavy atom. The van der Waals surface area contributed by atoms with Crippen LogP contribution >= 0.6 is 11.6 Å². The van der Waals surface area contributed by atoms with E-state index in [2.05, 4.69) is 4.98 Å². The number of benzene rings is 2. The van der Waals surface area contributed by atoms with E-state index in [-0.39, 0.29) is 41.5 Å². The Labute approximate surface area is 215 Å². The average molecular weight is 533 g/mol. The number of anilines is 2. The molecule has 1 aliphatic heterocycles. The monoisotopic (exact) mass is 532 g/mol. The zero-order valence-electron chi connectivity index (χ0n) is 20.4. The summed E-state index contributed by atoms with van der Waals surface area (Å²) in [6, 6.07) is 7.65. The van der Waals surface area contributed by atoms with Crippen LogP contribution in [0.4, 0.5) is 20.2 Å². The molecule has 9 nitrogen and oxygen atoms in total. The Morgan fingerprint density at radius 1 is 1.14 bits per heavy atom. The van der Waals surface area contributed by atoms with Gasteiger partial charge in [-0.15, -0.1) is 0 Å². The highest BCUT2D eigenvalue weighted by Gasteiger charge is 2.38. The predicted octanol–water partition coefficient (Wildman–Crippen LogP) is 3.48. The fraction of sp³-hybridized carbons (Fsp3) is 0.280. The molecule has 1 aromatic heterocycles. The van der Waals surface area contributed by atoms with Crippen molar-refractivity contribution in [1.82, 2.24) is 9.55 Å². The van der Waals surface area contributed by atoms with Gasteiger partial charge in [-0.25, -0.2) is 8.78 Å². The molecule has 0 radical (unpaired) electrons. The molecular formula is C25H23ClF2N4O5. The SMILES string of the molecule is CC(=O)N1CN(C(=O)C(C)(C)O)c2cc(-n3c(C)nc(OCc4ccc(F)cc4F)c(Cl)c3=O)ccc21. The lowest BCUT2D eigenvalue weighted by Gasteiger charge is -2.25. The maximum absolute atomic E-state index is 13.9. The van der Waals surface area contributed by atoms with E-state index in [9.17, 15) is 28.3 Å². The van der Waals surface area contributed by atoms with Crippen LogP contribution in [0, 0.1) is 18.6 Å². The number of aliphatic hydroxyl groups is 1. The van der Waals surface area contributed by atoms with Crippen LogP contribution in [0.5, 0.6) is 5.88 Å². The van der Waals surface area contributed by atoms with E-state index < -0.39 is 28.7 Å². The highest BCUT2D eigenvalue weighted by Crippen LogP contribution is 2.39. The van der Waals surface area contributed by atoms with Crippen molar-refractivity contribution in [2.24, 2.45) is 0 Å². The molecule has 3 aromatic rings. The number of aryl methyl sites for hydroxylation is 1. The smallest absolute Gasteiger partial charge is 0.280 e. The van der Waals surface area contributed by atoms with E-state index in [4.69, 9.17) is 16.3 Å². The van der Waals surface area contributed by atoms with Crippen LogP contribution in [0.1, 0.15) is 32.2 Å². The number of carbonyl (C=O) groups excluding carboxylic acids is 2. The minimum Gasteiger partial charge on any atom is -0.471 e. The highest BCUT2D eigenvalue weighted by molar-refractivity contribution is 6.31. The molecule has 0 aliphatic carbocycles. The van der Waals surface area contributed by atoms with Crippen LogP contribution in [-0.4, -0.2) is 38.7 Å². The first kappa shape index (κ1) is 26.2. The predicted molar refractivity (Wildman–Crippen MR) is 132 cm³/mol. The van der Waals surface area contributed by atoms with Crippen molar-refractivity contribution >= 4 is 34.8 Å². The second-order valence-corrected chi connectivity index (χ2v) is 9.37. The van der Waals surface area contributed by atoms with Crippen LogP contribution < -0.4 is 20.1 Å². The molecule has 1 N–H and O–H groups in total. The first-order valence-electron chi connectivity index (χ1n) is 11.1. The first-order valence-corrected chi connectivity index (χ1v) is 11.5. The molecule has 0 saturated carbocycles. The molecule has 1 aliphatic rings. The summed E-state index contributed by atoms with van der Waals surface area (Å²) < 4.78 is 33.7. The number of hydrogen-bond donors (Lipinski definition) is 1. The van der Waals surface area contributed by atoms with Crippen LogP contribution in [-0.2, 0) is 16.2 Å². The molecule has 0 fully saturated rings. The normalized spacial score (nSPS) is 13.1. The fourth-order valence-electron chi connectivity index (χ4n) is 3.93. The van der Waals surface area contributed by atoms with Crippen LogP contribution in [0.3, 0.4) is 0 Å².